The van der Waals surface area contributed by atoms with Crippen LogP contribution in [0.2, 0.25) is 0 Å². The summed E-state index contributed by atoms with van der Waals surface area (Å²) in [7, 11) is 0. The molecule has 2 aromatic rings. The molecule has 6 heteroatoms. The zero-order chi connectivity index (χ0) is 13.3. The molecule has 0 saturated heterocycles. The zero-order valence-electron chi connectivity index (χ0n) is 10.4. The van der Waals surface area contributed by atoms with Gasteiger partial charge in [-0.2, -0.15) is 4.98 Å². The second-order valence-electron chi connectivity index (χ2n) is 4.99. The third kappa shape index (κ3) is 2.37. The monoisotopic (exact) mass is 246 g/mol. The van der Waals surface area contributed by atoms with Gasteiger partial charge < -0.3 is 0 Å². The van der Waals surface area contributed by atoms with Crippen molar-refractivity contribution < 1.29 is 4.79 Å². The van der Waals surface area contributed by atoms with Crippen LogP contribution in [-0.4, -0.2) is 20.9 Å². The number of nitrogens with zero attached hydrogens (tertiary/aromatic N) is 2. The Hall–Kier alpha value is -2.24. The number of H-pyrrole nitrogens is 1. The van der Waals surface area contributed by atoms with Crippen molar-refractivity contribution in [1.82, 2.24) is 15.0 Å². The first-order valence-electron chi connectivity index (χ1n) is 5.54. The summed E-state index contributed by atoms with van der Waals surface area (Å²) in [6.07, 6.45) is 1.55. The fourth-order valence-electron chi connectivity index (χ4n) is 1.33. The standard InChI is InChI=1S/C12H14N4O2/c1-12(2,3)10(18)16-11-14-8-7(9(17)15-11)5-4-6-13-8/h4-6H,1-3H3,(H2,13,14,15,16,17,18). The van der Waals surface area contributed by atoms with Crippen molar-refractivity contribution >= 4 is 22.9 Å². The number of hydrogen-bond acceptors (Lipinski definition) is 4. The summed E-state index contributed by atoms with van der Waals surface area (Å²) in [5.41, 5.74) is -0.569. The van der Waals surface area contributed by atoms with Gasteiger partial charge in [0.15, 0.2) is 5.65 Å². The Morgan fingerprint density at radius 3 is 2.78 bits per heavy atom. The first kappa shape index (κ1) is 12.2. The SMILES string of the molecule is CC(C)(C)C(=O)Nc1nc2ncccc2c(=O)[nH]1. The van der Waals surface area contributed by atoms with Crippen molar-refractivity contribution in [2.24, 2.45) is 5.41 Å². The highest BCUT2D eigenvalue weighted by atomic mass is 16.2. The lowest BCUT2D eigenvalue weighted by Crippen LogP contribution is -2.29. The molecule has 94 valence electrons. The fourth-order valence-corrected chi connectivity index (χ4v) is 1.33. The van der Waals surface area contributed by atoms with E-state index in [0.29, 0.717) is 11.0 Å². The van der Waals surface area contributed by atoms with E-state index >= 15 is 0 Å². The summed E-state index contributed by atoms with van der Waals surface area (Å²) in [6, 6.07) is 3.29. The number of hydrogen-bond donors (Lipinski definition) is 2. The average molecular weight is 246 g/mol. The molecule has 0 atom stereocenters. The van der Waals surface area contributed by atoms with Crippen molar-refractivity contribution in [3.05, 3.63) is 28.7 Å². The third-order valence-electron chi connectivity index (χ3n) is 2.39. The number of nitrogens with one attached hydrogen (secondary N) is 2. The first-order valence-corrected chi connectivity index (χ1v) is 5.54. The van der Waals surface area contributed by atoms with Gasteiger partial charge in [0.05, 0.1) is 5.39 Å². The molecule has 6 nitrogen and oxygen atoms in total. The number of fused-ring (bicyclic) bond motifs is 1. The molecule has 2 aromatic heterocycles. The van der Waals surface area contributed by atoms with Crippen molar-refractivity contribution in [3.63, 3.8) is 0 Å². The molecule has 0 aromatic carbocycles. The molecular formula is C12H14N4O2. The summed E-state index contributed by atoms with van der Waals surface area (Å²) in [5.74, 6) is -0.105. The quantitative estimate of drug-likeness (QED) is 0.794. The zero-order valence-corrected chi connectivity index (χ0v) is 10.4. The van der Waals surface area contributed by atoms with Gasteiger partial charge in [-0.1, -0.05) is 20.8 Å². The van der Waals surface area contributed by atoms with Gasteiger partial charge in [0, 0.05) is 11.6 Å². The van der Waals surface area contributed by atoms with Gasteiger partial charge in [0.2, 0.25) is 11.9 Å². The molecule has 2 heterocycles. The molecular weight excluding hydrogens is 232 g/mol. The van der Waals surface area contributed by atoms with Crippen LogP contribution < -0.4 is 10.9 Å². The van der Waals surface area contributed by atoms with Crippen molar-refractivity contribution in [2.75, 3.05) is 5.32 Å². The minimum atomic E-state index is -0.558. The van der Waals surface area contributed by atoms with Crippen LogP contribution in [0.15, 0.2) is 23.1 Å². The Morgan fingerprint density at radius 2 is 2.11 bits per heavy atom. The predicted octanol–water partition coefficient (Wildman–Crippen LogP) is 1.30. The van der Waals surface area contributed by atoms with Gasteiger partial charge >= 0.3 is 0 Å². The lowest BCUT2D eigenvalue weighted by molar-refractivity contribution is -0.123. The number of amides is 1. The third-order valence-corrected chi connectivity index (χ3v) is 2.39. The largest absolute Gasteiger partial charge is 0.296 e. The second-order valence-corrected chi connectivity index (χ2v) is 4.99. The smallest absolute Gasteiger partial charge is 0.261 e. The maximum atomic E-state index is 11.8. The van der Waals surface area contributed by atoms with E-state index in [1.54, 1.807) is 39.1 Å². The number of pyridine rings is 1. The molecule has 0 fully saturated rings. The molecule has 0 bridgehead atoms. The Bertz CT molecular complexity index is 655. The number of aromatic nitrogens is 3. The van der Waals surface area contributed by atoms with E-state index in [1.807, 2.05) is 0 Å². The van der Waals surface area contributed by atoms with Gasteiger partial charge in [-0.05, 0) is 12.1 Å². The van der Waals surface area contributed by atoms with E-state index in [1.165, 1.54) is 0 Å². The van der Waals surface area contributed by atoms with Crippen molar-refractivity contribution in [3.8, 4) is 0 Å². The summed E-state index contributed by atoms with van der Waals surface area (Å²) < 4.78 is 0. The van der Waals surface area contributed by atoms with E-state index in [9.17, 15) is 9.59 Å². The molecule has 18 heavy (non-hydrogen) atoms. The van der Waals surface area contributed by atoms with Gasteiger partial charge in [-0.25, -0.2) is 4.98 Å². The van der Waals surface area contributed by atoms with Crippen LogP contribution in [0.3, 0.4) is 0 Å². The van der Waals surface area contributed by atoms with Gasteiger partial charge in [-0.3, -0.25) is 19.9 Å². The number of carbonyl (C=O) groups excluding carboxylic acids is 1. The van der Waals surface area contributed by atoms with Crippen LogP contribution in [0, 0.1) is 5.41 Å². The highest BCUT2D eigenvalue weighted by Crippen LogP contribution is 2.15. The maximum Gasteiger partial charge on any atom is 0.261 e. The number of aromatic amines is 1. The minimum absolute atomic E-state index is 0.117. The average Bonchev–Trinajstić information content (AvgIpc) is 2.27. The van der Waals surface area contributed by atoms with Crippen LogP contribution in [0.5, 0.6) is 0 Å². The topological polar surface area (TPSA) is 87.7 Å². The molecule has 0 radical (unpaired) electrons. The molecule has 0 spiro atoms. The van der Waals surface area contributed by atoms with Gasteiger partial charge in [0.1, 0.15) is 0 Å². The van der Waals surface area contributed by atoms with E-state index in [0.717, 1.165) is 0 Å². The van der Waals surface area contributed by atoms with E-state index in [-0.39, 0.29) is 17.4 Å². The van der Waals surface area contributed by atoms with Crippen LogP contribution >= 0.6 is 0 Å². The Morgan fingerprint density at radius 1 is 1.39 bits per heavy atom. The van der Waals surface area contributed by atoms with Crippen molar-refractivity contribution in [2.45, 2.75) is 20.8 Å². The lowest BCUT2D eigenvalue weighted by Gasteiger charge is -2.16. The highest BCUT2D eigenvalue weighted by Gasteiger charge is 2.22. The van der Waals surface area contributed by atoms with E-state index in [4.69, 9.17) is 0 Å². The lowest BCUT2D eigenvalue weighted by atomic mass is 9.96. The summed E-state index contributed by atoms with van der Waals surface area (Å²) in [5, 5.41) is 2.96. The Kier molecular flexibility index (Phi) is 2.86. The number of rotatable bonds is 1. The van der Waals surface area contributed by atoms with Gasteiger partial charge in [-0.15, -0.1) is 0 Å². The summed E-state index contributed by atoms with van der Waals surface area (Å²) in [4.78, 5) is 34.1. The maximum absolute atomic E-state index is 11.8. The minimum Gasteiger partial charge on any atom is -0.296 e. The normalized spacial score (nSPS) is 11.5. The van der Waals surface area contributed by atoms with Crippen LogP contribution in [-0.2, 0) is 4.79 Å². The number of carbonyl (C=O) groups is 1. The molecule has 0 saturated carbocycles. The van der Waals surface area contributed by atoms with E-state index in [2.05, 4.69) is 20.3 Å². The molecule has 2 rings (SSSR count). The first-order chi connectivity index (χ1) is 8.38. The summed E-state index contributed by atoms with van der Waals surface area (Å²) >= 11 is 0. The summed E-state index contributed by atoms with van der Waals surface area (Å²) in [6.45, 7) is 5.33. The predicted molar refractivity (Wildman–Crippen MR) is 68.2 cm³/mol. The fraction of sp³-hybridized carbons (Fsp3) is 0.333. The molecule has 1 amide bonds. The van der Waals surface area contributed by atoms with Crippen molar-refractivity contribution in [1.29, 1.82) is 0 Å². The molecule has 0 aliphatic carbocycles. The Balaban J connectivity index is 2.42. The highest BCUT2D eigenvalue weighted by molar-refractivity contribution is 5.93. The van der Waals surface area contributed by atoms with Crippen LogP contribution in [0.25, 0.3) is 11.0 Å². The molecule has 0 unspecified atom stereocenters. The van der Waals surface area contributed by atoms with Crippen LogP contribution in [0.1, 0.15) is 20.8 Å². The second kappa shape index (κ2) is 4.21. The Labute approximate surface area is 103 Å². The molecule has 0 aliphatic heterocycles. The molecule has 2 N–H and O–H groups in total. The molecule has 0 aliphatic rings. The van der Waals surface area contributed by atoms with E-state index < -0.39 is 5.41 Å². The van der Waals surface area contributed by atoms with Crippen LogP contribution in [0.4, 0.5) is 5.95 Å². The van der Waals surface area contributed by atoms with Gasteiger partial charge in [0.25, 0.3) is 5.56 Å². The number of anilines is 1.